The summed E-state index contributed by atoms with van der Waals surface area (Å²) in [5.74, 6) is 0.572. The molecule has 1 saturated heterocycles. The van der Waals surface area contributed by atoms with Crippen molar-refractivity contribution in [3.63, 3.8) is 0 Å². The molecule has 148 valence electrons. The topological polar surface area (TPSA) is 92.3 Å². The Labute approximate surface area is 161 Å². The van der Waals surface area contributed by atoms with Crippen LogP contribution in [0.25, 0.3) is 0 Å². The van der Waals surface area contributed by atoms with Gasteiger partial charge in [-0.05, 0) is 57.6 Å². The van der Waals surface area contributed by atoms with Gasteiger partial charge in [0.25, 0.3) is 5.91 Å². The molecule has 1 aliphatic heterocycles. The van der Waals surface area contributed by atoms with E-state index in [-0.39, 0.29) is 29.1 Å². The molecule has 1 unspecified atom stereocenters. The van der Waals surface area contributed by atoms with Crippen LogP contribution in [0.1, 0.15) is 55.9 Å². The molecule has 0 bridgehead atoms. The summed E-state index contributed by atoms with van der Waals surface area (Å²) in [6.45, 7) is 3.11. The largest absolute Gasteiger partial charge is 0.368 e. The Balaban J connectivity index is 1.55. The summed E-state index contributed by atoms with van der Waals surface area (Å²) >= 11 is 0. The molecule has 0 spiro atoms. The molecule has 1 amide bonds. The van der Waals surface area contributed by atoms with Gasteiger partial charge in [0.2, 0.25) is 0 Å². The molecular weight excluding hydrogens is 364 g/mol. The number of allylic oxidation sites excluding steroid dienone is 1. The number of rotatable bonds is 7. The first-order chi connectivity index (χ1) is 13.0. The van der Waals surface area contributed by atoms with Crippen molar-refractivity contribution >= 4 is 21.6 Å². The van der Waals surface area contributed by atoms with Crippen LogP contribution in [0.5, 0.6) is 0 Å². The van der Waals surface area contributed by atoms with Crippen LogP contribution >= 0.6 is 0 Å². The van der Waals surface area contributed by atoms with E-state index in [0.29, 0.717) is 18.8 Å². The van der Waals surface area contributed by atoms with Gasteiger partial charge in [0.1, 0.15) is 5.82 Å². The highest BCUT2D eigenvalue weighted by molar-refractivity contribution is 7.91. The highest BCUT2D eigenvalue weighted by atomic mass is 32.2. The van der Waals surface area contributed by atoms with Crippen LogP contribution in [-0.4, -0.2) is 60.1 Å². The second kappa shape index (κ2) is 8.82. The summed E-state index contributed by atoms with van der Waals surface area (Å²) < 4.78 is 23.4. The van der Waals surface area contributed by atoms with Gasteiger partial charge in [0, 0.05) is 19.1 Å². The maximum Gasteiger partial charge on any atom is 0.274 e. The fourth-order valence-electron chi connectivity index (χ4n) is 3.76. The van der Waals surface area contributed by atoms with Crippen LogP contribution < -0.4 is 5.32 Å². The van der Waals surface area contributed by atoms with Gasteiger partial charge in [-0.2, -0.15) is 0 Å². The van der Waals surface area contributed by atoms with Crippen molar-refractivity contribution in [3.8, 4) is 0 Å². The lowest BCUT2D eigenvalue weighted by Crippen LogP contribution is -2.41. The number of hydrogen-bond donors (Lipinski definition) is 1. The lowest BCUT2D eigenvalue weighted by atomic mass is 9.97. The number of sulfone groups is 1. The predicted octanol–water partition coefficient (Wildman–Crippen LogP) is 2.43. The van der Waals surface area contributed by atoms with E-state index >= 15 is 0 Å². The molecule has 2 aliphatic rings. The molecule has 1 atom stereocenters. The van der Waals surface area contributed by atoms with Gasteiger partial charge in [-0.1, -0.05) is 11.6 Å². The zero-order chi connectivity index (χ0) is 19.3. The summed E-state index contributed by atoms with van der Waals surface area (Å²) in [4.78, 5) is 14.3. The third kappa shape index (κ3) is 5.28. The molecule has 3 rings (SSSR count). The molecule has 1 N–H and O–H groups in total. The van der Waals surface area contributed by atoms with E-state index in [4.69, 9.17) is 0 Å². The lowest BCUT2D eigenvalue weighted by Gasteiger charge is -2.26. The molecule has 0 saturated carbocycles. The summed E-state index contributed by atoms with van der Waals surface area (Å²) in [5.41, 5.74) is 1.75. The molecule has 0 radical (unpaired) electrons. The van der Waals surface area contributed by atoms with Crippen molar-refractivity contribution in [3.05, 3.63) is 29.5 Å². The van der Waals surface area contributed by atoms with E-state index in [9.17, 15) is 13.2 Å². The van der Waals surface area contributed by atoms with Gasteiger partial charge >= 0.3 is 0 Å². The van der Waals surface area contributed by atoms with E-state index in [0.717, 1.165) is 13.0 Å². The number of aromatic nitrogens is 2. The van der Waals surface area contributed by atoms with Gasteiger partial charge in [-0.25, -0.2) is 8.42 Å². The van der Waals surface area contributed by atoms with Gasteiger partial charge in [0.05, 0.1) is 11.5 Å². The van der Waals surface area contributed by atoms with Crippen LogP contribution in [0, 0.1) is 0 Å². The minimum Gasteiger partial charge on any atom is -0.368 e. The maximum absolute atomic E-state index is 12.7. The van der Waals surface area contributed by atoms with Gasteiger partial charge in [-0.3, -0.25) is 4.79 Å². The van der Waals surface area contributed by atoms with Crippen molar-refractivity contribution in [1.82, 2.24) is 15.1 Å². The molecule has 7 nitrogen and oxygen atoms in total. The second-order valence-electron chi connectivity index (χ2n) is 7.24. The third-order valence-electron chi connectivity index (χ3n) is 5.27. The van der Waals surface area contributed by atoms with Crippen molar-refractivity contribution in [2.24, 2.45) is 0 Å². The van der Waals surface area contributed by atoms with E-state index in [1.54, 1.807) is 17.0 Å². The van der Waals surface area contributed by atoms with Crippen LogP contribution in [0.2, 0.25) is 0 Å². The third-order valence-corrected chi connectivity index (χ3v) is 7.02. The van der Waals surface area contributed by atoms with Crippen molar-refractivity contribution in [2.45, 2.75) is 51.5 Å². The Morgan fingerprint density at radius 3 is 2.74 bits per heavy atom. The highest BCUT2D eigenvalue weighted by Crippen LogP contribution is 2.21. The molecule has 1 aliphatic carbocycles. The standard InChI is InChI=1S/C19H28N4O3S/c1-2-23(16-11-13-27(25,26)14-16)19(24)17-8-9-18(22-21-17)20-12-10-15-6-4-3-5-7-15/h6,8-9,16H,2-5,7,10-14H2,1H3,(H,20,22). The lowest BCUT2D eigenvalue weighted by molar-refractivity contribution is 0.0701. The Kier molecular flexibility index (Phi) is 6.46. The molecule has 1 aromatic rings. The first-order valence-electron chi connectivity index (χ1n) is 9.75. The SMILES string of the molecule is CCN(C(=O)c1ccc(NCCC2=CCCCC2)nn1)C1CCS(=O)(=O)C1. The Morgan fingerprint density at radius 1 is 1.30 bits per heavy atom. The molecule has 1 aromatic heterocycles. The highest BCUT2D eigenvalue weighted by Gasteiger charge is 2.34. The molecule has 27 heavy (non-hydrogen) atoms. The van der Waals surface area contributed by atoms with Crippen LogP contribution in [-0.2, 0) is 9.84 Å². The van der Waals surface area contributed by atoms with E-state index in [2.05, 4.69) is 21.6 Å². The van der Waals surface area contributed by atoms with Crippen LogP contribution in [0.15, 0.2) is 23.8 Å². The average molecular weight is 393 g/mol. The van der Waals surface area contributed by atoms with Gasteiger partial charge in [0.15, 0.2) is 15.5 Å². The maximum atomic E-state index is 12.7. The van der Waals surface area contributed by atoms with Crippen molar-refractivity contribution < 1.29 is 13.2 Å². The average Bonchev–Trinajstić information content (AvgIpc) is 3.03. The number of hydrogen-bond acceptors (Lipinski definition) is 6. The first-order valence-corrected chi connectivity index (χ1v) is 11.6. The number of carbonyl (C=O) groups is 1. The molecule has 1 fully saturated rings. The van der Waals surface area contributed by atoms with E-state index in [1.807, 2.05) is 6.92 Å². The van der Waals surface area contributed by atoms with Crippen LogP contribution in [0.3, 0.4) is 0 Å². The zero-order valence-electron chi connectivity index (χ0n) is 15.9. The number of nitrogens with zero attached hydrogens (tertiary/aromatic N) is 3. The fourth-order valence-corrected chi connectivity index (χ4v) is 5.49. The minimum absolute atomic E-state index is 0.0372. The Morgan fingerprint density at radius 2 is 2.15 bits per heavy atom. The first kappa shape index (κ1) is 19.8. The Bertz CT molecular complexity index is 790. The van der Waals surface area contributed by atoms with E-state index in [1.165, 1.54) is 31.3 Å². The summed E-state index contributed by atoms with van der Waals surface area (Å²) in [5, 5.41) is 11.4. The summed E-state index contributed by atoms with van der Waals surface area (Å²) in [6, 6.07) is 3.15. The normalized spacial score (nSPS) is 21.5. The van der Waals surface area contributed by atoms with Crippen molar-refractivity contribution in [2.75, 3.05) is 29.9 Å². The van der Waals surface area contributed by atoms with Gasteiger partial charge in [-0.15, -0.1) is 10.2 Å². The van der Waals surface area contributed by atoms with Crippen molar-refractivity contribution in [1.29, 1.82) is 0 Å². The summed E-state index contributed by atoms with van der Waals surface area (Å²) in [7, 11) is -3.04. The number of carbonyl (C=O) groups excluding carboxylic acids is 1. The smallest absolute Gasteiger partial charge is 0.274 e. The fraction of sp³-hybridized carbons (Fsp3) is 0.632. The number of anilines is 1. The number of nitrogens with one attached hydrogen (secondary N) is 1. The molecule has 8 heteroatoms. The molecule has 2 heterocycles. The monoisotopic (exact) mass is 392 g/mol. The molecular formula is C19H28N4O3S. The summed E-state index contributed by atoms with van der Waals surface area (Å²) in [6.07, 6.45) is 8.76. The van der Waals surface area contributed by atoms with Gasteiger partial charge < -0.3 is 10.2 Å². The second-order valence-corrected chi connectivity index (χ2v) is 9.47. The minimum atomic E-state index is -3.04. The van der Waals surface area contributed by atoms with Crippen LogP contribution in [0.4, 0.5) is 5.82 Å². The quantitative estimate of drug-likeness (QED) is 0.717. The molecule has 0 aromatic carbocycles. The Hall–Kier alpha value is -1.96. The predicted molar refractivity (Wildman–Crippen MR) is 105 cm³/mol. The number of amides is 1. The zero-order valence-corrected chi connectivity index (χ0v) is 16.7. The van der Waals surface area contributed by atoms with E-state index < -0.39 is 9.84 Å².